The molecule has 3 rings (SSSR count). The van der Waals surface area contributed by atoms with Crippen LogP contribution in [0.1, 0.15) is 12.5 Å². The third kappa shape index (κ3) is 4.62. The summed E-state index contributed by atoms with van der Waals surface area (Å²) in [5.41, 5.74) is 4.18. The molecule has 3 aromatic rings. The van der Waals surface area contributed by atoms with Gasteiger partial charge in [-0.25, -0.2) is 5.43 Å². The lowest BCUT2D eigenvalue weighted by atomic mass is 10.0. The molecule has 1 N–H and O–H groups in total. The average Bonchev–Trinajstić information content (AvgIpc) is 2.65. The summed E-state index contributed by atoms with van der Waals surface area (Å²) in [5.74, 6) is 0.201. The van der Waals surface area contributed by atoms with Gasteiger partial charge in [-0.3, -0.25) is 4.79 Å². The van der Waals surface area contributed by atoms with Crippen LogP contribution in [0.25, 0.3) is 10.8 Å². The summed E-state index contributed by atoms with van der Waals surface area (Å²) in [6, 6.07) is 19.3. The molecule has 0 saturated carbocycles. The molecular formula is C20H16BrClN2O2. The summed E-state index contributed by atoms with van der Waals surface area (Å²) in [5, 5.41) is 7.03. The van der Waals surface area contributed by atoms with Gasteiger partial charge in [0.25, 0.3) is 5.91 Å². The topological polar surface area (TPSA) is 50.7 Å². The number of amides is 1. The number of carbonyl (C=O) groups excluding carboxylic acids is 1. The fourth-order valence-electron chi connectivity index (χ4n) is 2.39. The molecule has 0 aliphatic rings. The van der Waals surface area contributed by atoms with E-state index in [-0.39, 0.29) is 12.5 Å². The summed E-state index contributed by atoms with van der Waals surface area (Å²) >= 11 is 9.22. The number of rotatable bonds is 5. The van der Waals surface area contributed by atoms with Crippen LogP contribution in [0.5, 0.6) is 5.75 Å². The molecule has 0 spiro atoms. The Kier molecular flexibility index (Phi) is 5.91. The van der Waals surface area contributed by atoms with E-state index in [0.717, 1.165) is 22.0 Å². The van der Waals surface area contributed by atoms with Gasteiger partial charge in [-0.1, -0.05) is 48.0 Å². The Morgan fingerprint density at radius 1 is 1.12 bits per heavy atom. The van der Waals surface area contributed by atoms with Gasteiger partial charge in [0.05, 0.1) is 10.2 Å². The molecule has 6 heteroatoms. The first-order valence-corrected chi connectivity index (χ1v) is 9.10. The first-order valence-electron chi connectivity index (χ1n) is 7.93. The molecule has 0 fully saturated rings. The second kappa shape index (κ2) is 8.34. The Morgan fingerprint density at radius 3 is 2.65 bits per heavy atom. The molecule has 1 amide bonds. The number of hydrogen-bond donors (Lipinski definition) is 1. The van der Waals surface area contributed by atoms with E-state index in [0.29, 0.717) is 15.2 Å². The molecule has 26 heavy (non-hydrogen) atoms. The van der Waals surface area contributed by atoms with Crippen LogP contribution < -0.4 is 10.2 Å². The molecule has 3 aromatic carbocycles. The fourth-order valence-corrected chi connectivity index (χ4v) is 3.19. The van der Waals surface area contributed by atoms with Gasteiger partial charge in [0, 0.05) is 5.02 Å². The minimum atomic E-state index is -0.341. The minimum absolute atomic E-state index is 0.144. The lowest BCUT2D eigenvalue weighted by molar-refractivity contribution is -0.123. The molecule has 0 heterocycles. The van der Waals surface area contributed by atoms with E-state index >= 15 is 0 Å². The molecule has 0 unspecified atom stereocenters. The summed E-state index contributed by atoms with van der Waals surface area (Å²) in [6.45, 7) is 1.70. The number of fused-ring (bicyclic) bond motifs is 1. The highest BCUT2D eigenvalue weighted by molar-refractivity contribution is 9.10. The zero-order valence-electron chi connectivity index (χ0n) is 14.0. The smallest absolute Gasteiger partial charge is 0.277 e. The van der Waals surface area contributed by atoms with Gasteiger partial charge in [0.1, 0.15) is 5.75 Å². The van der Waals surface area contributed by atoms with Gasteiger partial charge in [-0.05, 0) is 63.5 Å². The Labute approximate surface area is 164 Å². The van der Waals surface area contributed by atoms with Gasteiger partial charge >= 0.3 is 0 Å². The maximum atomic E-state index is 12.0. The van der Waals surface area contributed by atoms with Crippen molar-refractivity contribution in [2.75, 3.05) is 6.61 Å². The Balaban J connectivity index is 1.61. The van der Waals surface area contributed by atoms with Crippen molar-refractivity contribution in [3.8, 4) is 5.75 Å². The predicted octanol–water partition coefficient (Wildman–Crippen LogP) is 5.17. The average molecular weight is 432 g/mol. The number of halogens is 2. The summed E-state index contributed by atoms with van der Waals surface area (Å²) in [7, 11) is 0. The van der Waals surface area contributed by atoms with Gasteiger partial charge in [0.2, 0.25) is 0 Å². The van der Waals surface area contributed by atoms with E-state index in [1.807, 2.05) is 43.3 Å². The summed E-state index contributed by atoms with van der Waals surface area (Å²) < 4.78 is 6.15. The van der Waals surface area contributed by atoms with Crippen LogP contribution in [0.2, 0.25) is 5.02 Å². The minimum Gasteiger partial charge on any atom is -0.483 e. The summed E-state index contributed by atoms with van der Waals surface area (Å²) in [6.07, 6.45) is 0. The van der Waals surface area contributed by atoms with Crippen LogP contribution >= 0.6 is 27.5 Å². The van der Waals surface area contributed by atoms with Crippen LogP contribution in [0.15, 0.2) is 70.2 Å². The number of hydrogen-bond acceptors (Lipinski definition) is 3. The molecule has 0 aromatic heterocycles. The van der Waals surface area contributed by atoms with E-state index in [9.17, 15) is 4.79 Å². The number of benzene rings is 3. The lowest BCUT2D eigenvalue weighted by Crippen LogP contribution is -2.25. The van der Waals surface area contributed by atoms with Crippen LogP contribution in [0.4, 0.5) is 0 Å². The van der Waals surface area contributed by atoms with Gasteiger partial charge in [-0.15, -0.1) is 0 Å². The maximum absolute atomic E-state index is 12.0. The van der Waals surface area contributed by atoms with E-state index in [4.69, 9.17) is 16.3 Å². The summed E-state index contributed by atoms with van der Waals surface area (Å²) in [4.78, 5) is 12.0. The van der Waals surface area contributed by atoms with Crippen LogP contribution in [0, 0.1) is 0 Å². The number of hydrazone groups is 1. The molecule has 0 aliphatic heterocycles. The Bertz CT molecular complexity index is 988. The van der Waals surface area contributed by atoms with Crippen LogP contribution in [-0.4, -0.2) is 18.2 Å². The highest BCUT2D eigenvalue weighted by atomic mass is 79.9. The van der Waals surface area contributed by atoms with Gasteiger partial charge < -0.3 is 4.74 Å². The van der Waals surface area contributed by atoms with Crippen LogP contribution in [0.3, 0.4) is 0 Å². The maximum Gasteiger partial charge on any atom is 0.277 e. The lowest BCUT2D eigenvalue weighted by Gasteiger charge is -2.08. The molecule has 0 saturated heterocycles. The quantitative estimate of drug-likeness (QED) is 0.447. The predicted molar refractivity (Wildman–Crippen MR) is 109 cm³/mol. The molecular weight excluding hydrogens is 416 g/mol. The van der Waals surface area contributed by atoms with E-state index in [1.54, 1.807) is 18.2 Å². The molecule has 132 valence electrons. The second-order valence-electron chi connectivity index (χ2n) is 5.66. The third-order valence-corrected chi connectivity index (χ3v) is 4.62. The Morgan fingerprint density at radius 2 is 1.88 bits per heavy atom. The molecule has 0 atom stereocenters. The van der Waals surface area contributed by atoms with Crippen molar-refractivity contribution in [2.24, 2.45) is 5.10 Å². The van der Waals surface area contributed by atoms with Crippen molar-refractivity contribution in [3.63, 3.8) is 0 Å². The zero-order valence-corrected chi connectivity index (χ0v) is 16.3. The van der Waals surface area contributed by atoms with Gasteiger partial charge in [-0.2, -0.15) is 5.10 Å². The van der Waals surface area contributed by atoms with E-state index in [1.165, 1.54) is 0 Å². The number of carbonyl (C=O) groups is 1. The first-order chi connectivity index (χ1) is 12.5. The normalized spacial score (nSPS) is 11.4. The van der Waals surface area contributed by atoms with Crippen molar-refractivity contribution in [3.05, 3.63) is 75.7 Å². The largest absolute Gasteiger partial charge is 0.483 e. The van der Waals surface area contributed by atoms with Gasteiger partial charge in [0.15, 0.2) is 6.61 Å². The SMILES string of the molecule is C/C(=N\NC(=O)COc1ccc(Cl)cc1Br)c1ccc2ccccc2c1. The number of ether oxygens (including phenoxy) is 1. The number of nitrogens with one attached hydrogen (secondary N) is 1. The Hall–Kier alpha value is -2.37. The second-order valence-corrected chi connectivity index (χ2v) is 6.95. The molecule has 0 radical (unpaired) electrons. The highest BCUT2D eigenvalue weighted by Gasteiger charge is 2.06. The van der Waals surface area contributed by atoms with E-state index in [2.05, 4.69) is 32.5 Å². The van der Waals surface area contributed by atoms with Crippen molar-refractivity contribution in [1.82, 2.24) is 5.43 Å². The standard InChI is InChI=1S/C20H16BrClN2O2/c1-13(15-7-6-14-4-2-3-5-16(14)10-15)23-24-20(25)12-26-19-9-8-17(22)11-18(19)21/h2-11H,12H2,1H3,(H,24,25)/b23-13+. The highest BCUT2D eigenvalue weighted by Crippen LogP contribution is 2.27. The van der Waals surface area contributed by atoms with E-state index < -0.39 is 0 Å². The van der Waals surface area contributed by atoms with Crippen molar-refractivity contribution in [2.45, 2.75) is 6.92 Å². The van der Waals surface area contributed by atoms with Crippen molar-refractivity contribution < 1.29 is 9.53 Å². The molecule has 0 aliphatic carbocycles. The zero-order chi connectivity index (χ0) is 18.5. The van der Waals surface area contributed by atoms with Crippen LogP contribution in [-0.2, 0) is 4.79 Å². The van der Waals surface area contributed by atoms with Crippen molar-refractivity contribution >= 4 is 49.9 Å². The third-order valence-electron chi connectivity index (χ3n) is 3.77. The molecule has 4 nitrogen and oxygen atoms in total. The van der Waals surface area contributed by atoms with Crippen molar-refractivity contribution in [1.29, 1.82) is 0 Å². The first kappa shape index (κ1) is 18.4. The monoisotopic (exact) mass is 430 g/mol. The fraction of sp³-hybridized carbons (Fsp3) is 0.100. The number of nitrogens with zero attached hydrogens (tertiary/aromatic N) is 1. The molecule has 0 bridgehead atoms.